The Morgan fingerprint density at radius 3 is 2.65 bits per heavy atom. The van der Waals surface area contributed by atoms with Crippen LogP contribution < -0.4 is 5.32 Å². The molecule has 0 aliphatic heterocycles. The van der Waals surface area contributed by atoms with Gasteiger partial charge in [0.1, 0.15) is 11.6 Å². The van der Waals surface area contributed by atoms with Gasteiger partial charge in [-0.05, 0) is 18.2 Å². The molecular formula is C19H12Cl2N4O. The fourth-order valence-corrected chi connectivity index (χ4v) is 2.68. The number of nitrogens with zero attached hydrogens (tertiary/aromatic N) is 2. The third-order valence-corrected chi connectivity index (χ3v) is 4.41. The molecule has 0 unspecified atom stereocenters. The van der Waals surface area contributed by atoms with Crippen molar-refractivity contribution in [1.82, 2.24) is 10.2 Å². The van der Waals surface area contributed by atoms with E-state index in [2.05, 4.69) is 15.5 Å². The van der Waals surface area contributed by atoms with Crippen LogP contribution in [0, 0.1) is 11.3 Å². The molecule has 7 heteroatoms. The summed E-state index contributed by atoms with van der Waals surface area (Å²) in [6, 6.07) is 16.3. The van der Waals surface area contributed by atoms with Crippen molar-refractivity contribution >= 4 is 40.9 Å². The highest BCUT2D eigenvalue weighted by atomic mass is 35.5. The summed E-state index contributed by atoms with van der Waals surface area (Å²) in [4.78, 5) is 12.4. The van der Waals surface area contributed by atoms with Crippen molar-refractivity contribution in [2.45, 2.75) is 0 Å². The van der Waals surface area contributed by atoms with Crippen LogP contribution in [0.4, 0.5) is 5.69 Å². The smallest absolute Gasteiger partial charge is 0.266 e. The van der Waals surface area contributed by atoms with Crippen LogP contribution in [0.5, 0.6) is 0 Å². The number of aromatic amines is 1. The monoisotopic (exact) mass is 382 g/mol. The molecule has 0 aliphatic carbocycles. The Kier molecular flexibility index (Phi) is 5.37. The fourth-order valence-electron chi connectivity index (χ4n) is 2.34. The SMILES string of the molecule is N#CC(=Cc1cn[nH]c1-c1ccccc1)C(=O)Nc1cccc(Cl)c1Cl. The number of halogens is 2. The highest BCUT2D eigenvalue weighted by Crippen LogP contribution is 2.30. The second-order valence-electron chi connectivity index (χ2n) is 5.29. The van der Waals surface area contributed by atoms with Crippen molar-refractivity contribution in [1.29, 1.82) is 5.26 Å². The highest BCUT2D eigenvalue weighted by Gasteiger charge is 2.14. The molecule has 1 aromatic heterocycles. The summed E-state index contributed by atoms with van der Waals surface area (Å²) in [6.07, 6.45) is 3.03. The van der Waals surface area contributed by atoms with Crippen LogP contribution >= 0.6 is 23.2 Å². The predicted molar refractivity (Wildman–Crippen MR) is 103 cm³/mol. The van der Waals surface area contributed by atoms with Crippen molar-refractivity contribution in [3.8, 4) is 17.3 Å². The van der Waals surface area contributed by atoms with Gasteiger partial charge in [-0.2, -0.15) is 10.4 Å². The number of carbonyl (C=O) groups is 1. The number of hydrogen-bond donors (Lipinski definition) is 2. The lowest BCUT2D eigenvalue weighted by Crippen LogP contribution is -2.13. The molecule has 0 bridgehead atoms. The van der Waals surface area contributed by atoms with Crippen LogP contribution in [-0.2, 0) is 4.79 Å². The van der Waals surface area contributed by atoms with Crippen molar-refractivity contribution in [2.75, 3.05) is 5.32 Å². The Balaban J connectivity index is 1.90. The number of H-pyrrole nitrogens is 1. The molecule has 128 valence electrons. The topological polar surface area (TPSA) is 81.6 Å². The summed E-state index contributed by atoms with van der Waals surface area (Å²) in [7, 11) is 0. The molecule has 0 atom stereocenters. The first kappa shape index (κ1) is 17.7. The van der Waals surface area contributed by atoms with Gasteiger partial charge in [0.2, 0.25) is 0 Å². The van der Waals surface area contributed by atoms with Crippen LogP contribution in [0.1, 0.15) is 5.56 Å². The molecular weight excluding hydrogens is 371 g/mol. The third-order valence-electron chi connectivity index (χ3n) is 3.60. The van der Waals surface area contributed by atoms with Crippen molar-refractivity contribution in [3.05, 3.63) is 75.9 Å². The van der Waals surface area contributed by atoms with Gasteiger partial charge in [0.25, 0.3) is 5.91 Å². The Morgan fingerprint density at radius 2 is 1.92 bits per heavy atom. The standard InChI is InChI=1S/C19H12Cl2N4O/c20-15-7-4-8-16(17(15)21)24-19(26)13(10-22)9-14-11-23-25-18(14)12-5-2-1-3-6-12/h1-9,11H,(H,23,25)(H,24,26). The second kappa shape index (κ2) is 7.87. The van der Waals surface area contributed by atoms with Crippen LogP contribution in [0.25, 0.3) is 17.3 Å². The highest BCUT2D eigenvalue weighted by molar-refractivity contribution is 6.44. The van der Waals surface area contributed by atoms with E-state index in [-0.39, 0.29) is 10.6 Å². The summed E-state index contributed by atoms with van der Waals surface area (Å²) in [6.45, 7) is 0. The van der Waals surface area contributed by atoms with Gasteiger partial charge in [-0.3, -0.25) is 9.89 Å². The molecule has 0 spiro atoms. The molecule has 3 aromatic rings. The number of hydrogen-bond acceptors (Lipinski definition) is 3. The van der Waals surface area contributed by atoms with Crippen molar-refractivity contribution in [2.24, 2.45) is 0 Å². The lowest BCUT2D eigenvalue weighted by molar-refractivity contribution is -0.112. The number of anilines is 1. The average Bonchev–Trinajstić information content (AvgIpc) is 3.12. The van der Waals surface area contributed by atoms with E-state index in [1.54, 1.807) is 24.4 Å². The Morgan fingerprint density at radius 1 is 1.15 bits per heavy atom. The minimum atomic E-state index is -0.586. The zero-order valence-corrected chi connectivity index (χ0v) is 14.8. The van der Waals surface area contributed by atoms with Crippen LogP contribution in [0.3, 0.4) is 0 Å². The lowest BCUT2D eigenvalue weighted by Gasteiger charge is -2.07. The number of aromatic nitrogens is 2. The maximum Gasteiger partial charge on any atom is 0.266 e. The first-order chi connectivity index (χ1) is 12.6. The number of nitriles is 1. The first-order valence-corrected chi connectivity index (χ1v) is 8.31. The normalized spacial score (nSPS) is 11.0. The molecule has 2 aromatic carbocycles. The molecule has 0 aliphatic rings. The van der Waals surface area contributed by atoms with Gasteiger partial charge in [-0.15, -0.1) is 0 Å². The number of benzene rings is 2. The molecule has 2 N–H and O–H groups in total. The largest absolute Gasteiger partial charge is 0.320 e. The van der Waals surface area contributed by atoms with E-state index >= 15 is 0 Å². The summed E-state index contributed by atoms with van der Waals surface area (Å²) < 4.78 is 0. The maximum absolute atomic E-state index is 12.4. The summed E-state index contributed by atoms with van der Waals surface area (Å²) >= 11 is 12.0. The van der Waals surface area contributed by atoms with Gasteiger partial charge in [0.15, 0.2) is 0 Å². The summed E-state index contributed by atoms with van der Waals surface area (Å²) in [5.74, 6) is -0.586. The molecule has 1 heterocycles. The maximum atomic E-state index is 12.4. The van der Waals surface area contributed by atoms with Crippen LogP contribution in [0.2, 0.25) is 10.0 Å². The van der Waals surface area contributed by atoms with Crippen LogP contribution in [-0.4, -0.2) is 16.1 Å². The molecule has 0 radical (unpaired) electrons. The molecule has 26 heavy (non-hydrogen) atoms. The van der Waals surface area contributed by atoms with Gasteiger partial charge < -0.3 is 5.32 Å². The Labute approximate surface area is 159 Å². The average molecular weight is 383 g/mol. The molecule has 0 saturated carbocycles. The first-order valence-electron chi connectivity index (χ1n) is 7.56. The van der Waals surface area contributed by atoms with Gasteiger partial charge >= 0.3 is 0 Å². The van der Waals surface area contributed by atoms with E-state index in [1.807, 2.05) is 36.4 Å². The molecule has 3 rings (SSSR count). The van der Waals surface area contributed by atoms with E-state index in [9.17, 15) is 10.1 Å². The quantitative estimate of drug-likeness (QED) is 0.495. The molecule has 0 saturated heterocycles. The van der Waals surface area contributed by atoms with E-state index < -0.39 is 5.91 Å². The Hall–Kier alpha value is -3.07. The van der Waals surface area contributed by atoms with Crippen molar-refractivity contribution < 1.29 is 4.79 Å². The van der Waals surface area contributed by atoms with E-state index in [4.69, 9.17) is 23.2 Å². The zero-order chi connectivity index (χ0) is 18.5. The van der Waals surface area contributed by atoms with Gasteiger partial charge in [-0.1, -0.05) is 59.6 Å². The molecule has 0 fully saturated rings. The second-order valence-corrected chi connectivity index (χ2v) is 6.08. The van der Waals surface area contributed by atoms with Gasteiger partial charge in [0.05, 0.1) is 27.6 Å². The van der Waals surface area contributed by atoms with Gasteiger partial charge in [-0.25, -0.2) is 0 Å². The van der Waals surface area contributed by atoms with Gasteiger partial charge in [0, 0.05) is 11.1 Å². The van der Waals surface area contributed by atoms with E-state index in [0.29, 0.717) is 22.0 Å². The zero-order valence-electron chi connectivity index (χ0n) is 13.3. The predicted octanol–water partition coefficient (Wildman–Crippen LogP) is 4.93. The summed E-state index contributed by atoms with van der Waals surface area (Å²) in [5, 5.41) is 19.4. The summed E-state index contributed by atoms with van der Waals surface area (Å²) in [5.41, 5.74) is 2.49. The van der Waals surface area contributed by atoms with Crippen LogP contribution in [0.15, 0.2) is 60.3 Å². The lowest BCUT2D eigenvalue weighted by atomic mass is 10.1. The third kappa shape index (κ3) is 3.77. The number of carbonyl (C=O) groups excluding carboxylic acids is 1. The molecule has 5 nitrogen and oxygen atoms in total. The van der Waals surface area contributed by atoms with Crippen molar-refractivity contribution in [3.63, 3.8) is 0 Å². The molecule has 1 amide bonds. The fraction of sp³-hybridized carbons (Fsp3) is 0. The number of rotatable bonds is 4. The number of nitrogens with one attached hydrogen (secondary N) is 2. The Bertz CT molecular complexity index is 1020. The minimum Gasteiger partial charge on any atom is -0.320 e. The minimum absolute atomic E-state index is 0.0837. The van der Waals surface area contributed by atoms with E-state index in [1.165, 1.54) is 6.08 Å². The number of amides is 1. The van der Waals surface area contributed by atoms with E-state index in [0.717, 1.165) is 5.56 Å².